The summed E-state index contributed by atoms with van der Waals surface area (Å²) in [6.45, 7) is 5.26. The van der Waals surface area contributed by atoms with Crippen molar-refractivity contribution >= 4 is 58.1 Å². The van der Waals surface area contributed by atoms with Gasteiger partial charge in [0.1, 0.15) is 24.8 Å². The fourth-order valence-corrected chi connectivity index (χ4v) is 1.97. The maximum atomic E-state index is 12.0. The van der Waals surface area contributed by atoms with Crippen LogP contribution in [0.15, 0.2) is 29.3 Å². The third kappa shape index (κ3) is 10.1. The van der Waals surface area contributed by atoms with Gasteiger partial charge in [0.25, 0.3) is 0 Å². The number of amidine groups is 1. The van der Waals surface area contributed by atoms with Crippen LogP contribution in [0.5, 0.6) is 5.75 Å². The van der Waals surface area contributed by atoms with Crippen molar-refractivity contribution in [2.75, 3.05) is 19.8 Å². The van der Waals surface area contributed by atoms with Crippen LogP contribution in [0.1, 0.15) is 27.2 Å². The largest absolute Gasteiger partial charge is 0.491 e. The number of benzene rings is 1. The van der Waals surface area contributed by atoms with Gasteiger partial charge >= 0.3 is 6.09 Å². The van der Waals surface area contributed by atoms with Gasteiger partial charge in [-0.2, -0.15) is 0 Å². The van der Waals surface area contributed by atoms with Crippen LogP contribution in [-0.2, 0) is 4.74 Å². The maximum Gasteiger partial charge on any atom is 0.412 e. The van der Waals surface area contributed by atoms with E-state index in [0.717, 1.165) is 0 Å². The summed E-state index contributed by atoms with van der Waals surface area (Å²) in [5.41, 5.74) is 0.449. The molecule has 0 saturated heterocycles. The molecular weight excluding hydrogens is 429 g/mol. The van der Waals surface area contributed by atoms with Crippen molar-refractivity contribution < 1.29 is 19.4 Å². The summed E-state index contributed by atoms with van der Waals surface area (Å²) in [5, 5.41) is 19.6. The highest BCUT2D eigenvalue weighted by Gasteiger charge is 2.24. The number of nitrogens with zero attached hydrogens (tertiary/aromatic N) is 1. The van der Waals surface area contributed by atoms with Crippen molar-refractivity contribution in [1.82, 2.24) is 5.32 Å². The van der Waals surface area contributed by atoms with Crippen molar-refractivity contribution in [3.63, 3.8) is 0 Å². The highest BCUT2D eigenvalue weighted by molar-refractivity contribution is 6.67. The second kappa shape index (κ2) is 10.9. The molecule has 0 aliphatic rings. The Kier molecular flexibility index (Phi) is 9.50. The van der Waals surface area contributed by atoms with E-state index in [1.165, 1.54) is 0 Å². The molecule has 1 amide bonds. The highest BCUT2D eigenvalue weighted by Crippen LogP contribution is 2.26. The van der Waals surface area contributed by atoms with E-state index < -0.39 is 21.9 Å². The Hall–Kier alpha value is -1.54. The lowest BCUT2D eigenvalue weighted by Crippen LogP contribution is -2.36. The number of hydrogen-bond donors (Lipinski definition) is 3. The predicted molar refractivity (Wildman–Crippen MR) is 113 cm³/mol. The normalized spacial score (nSPS) is 12.5. The molecule has 28 heavy (non-hydrogen) atoms. The lowest BCUT2D eigenvalue weighted by Gasteiger charge is -2.21. The minimum Gasteiger partial charge on any atom is -0.491 e. The summed E-state index contributed by atoms with van der Waals surface area (Å²) < 4.78 is 8.49. The number of aliphatic hydroxyl groups is 1. The van der Waals surface area contributed by atoms with E-state index in [1.54, 1.807) is 24.3 Å². The molecule has 1 aromatic rings. The molecule has 0 bridgehead atoms. The van der Waals surface area contributed by atoms with Crippen LogP contribution in [0, 0.1) is 10.8 Å². The number of aliphatic hydroxyl groups excluding tert-OH is 1. The average molecular weight is 453 g/mol. The molecule has 0 aliphatic carbocycles. The van der Waals surface area contributed by atoms with E-state index in [9.17, 15) is 4.79 Å². The highest BCUT2D eigenvalue weighted by atomic mass is 35.6. The Balaban J connectivity index is 3.01. The SMILES string of the molecule is CC(C)(C)C(=N)CC(=Nc1cccc(OCCO)c1)NC(=O)OCC(Cl)(Cl)Cl. The molecule has 0 spiro atoms. The zero-order valence-electron chi connectivity index (χ0n) is 15.9. The van der Waals surface area contributed by atoms with Crippen LogP contribution in [0.3, 0.4) is 0 Å². The van der Waals surface area contributed by atoms with Crippen molar-refractivity contribution in [2.24, 2.45) is 10.4 Å². The molecule has 156 valence electrons. The Bertz CT molecular complexity index is 713. The fraction of sp³-hybridized carbons (Fsp3) is 0.500. The summed E-state index contributed by atoms with van der Waals surface area (Å²) in [6.07, 6.45) is -0.756. The van der Waals surface area contributed by atoms with Gasteiger partial charge in [-0.1, -0.05) is 61.6 Å². The van der Waals surface area contributed by atoms with Gasteiger partial charge in [0.2, 0.25) is 3.79 Å². The number of nitrogens with one attached hydrogen (secondary N) is 2. The molecule has 0 heterocycles. The number of amides is 1. The molecular formula is C18H24Cl3N3O4. The molecule has 0 unspecified atom stereocenters. The first-order valence-electron chi connectivity index (χ1n) is 8.40. The van der Waals surface area contributed by atoms with E-state index >= 15 is 0 Å². The summed E-state index contributed by atoms with van der Waals surface area (Å²) >= 11 is 16.7. The minimum absolute atomic E-state index is 0.0914. The third-order valence-electron chi connectivity index (χ3n) is 3.30. The Labute approximate surface area is 179 Å². The molecule has 0 fully saturated rings. The van der Waals surface area contributed by atoms with E-state index in [-0.39, 0.29) is 25.5 Å². The first kappa shape index (κ1) is 24.5. The van der Waals surface area contributed by atoms with Gasteiger partial charge < -0.3 is 20.0 Å². The molecule has 0 radical (unpaired) electrons. The van der Waals surface area contributed by atoms with Crippen molar-refractivity contribution in [1.29, 1.82) is 5.41 Å². The third-order valence-corrected chi connectivity index (χ3v) is 3.63. The van der Waals surface area contributed by atoms with E-state index in [2.05, 4.69) is 10.3 Å². The van der Waals surface area contributed by atoms with E-state index in [4.69, 9.17) is 54.8 Å². The molecule has 0 aromatic heterocycles. The summed E-state index contributed by atoms with van der Waals surface area (Å²) in [4.78, 5) is 16.4. The Morgan fingerprint density at radius 1 is 1.29 bits per heavy atom. The second-order valence-electron chi connectivity index (χ2n) is 6.85. The number of aliphatic imine (C=N–C) groups is 1. The van der Waals surface area contributed by atoms with Crippen LogP contribution in [0.2, 0.25) is 0 Å². The summed E-state index contributed by atoms with van der Waals surface area (Å²) in [6, 6.07) is 6.79. The lowest BCUT2D eigenvalue weighted by atomic mass is 9.88. The molecule has 7 nitrogen and oxygen atoms in total. The molecule has 0 aliphatic heterocycles. The molecule has 3 N–H and O–H groups in total. The maximum absolute atomic E-state index is 12.0. The van der Waals surface area contributed by atoms with E-state index in [1.807, 2.05) is 20.8 Å². The molecule has 10 heteroatoms. The molecule has 1 rings (SSSR count). The molecule has 0 atom stereocenters. The summed E-state index contributed by atoms with van der Waals surface area (Å²) in [5.74, 6) is 0.716. The van der Waals surface area contributed by atoms with Crippen molar-refractivity contribution in [3.05, 3.63) is 24.3 Å². The van der Waals surface area contributed by atoms with Crippen LogP contribution in [0.4, 0.5) is 10.5 Å². The van der Waals surface area contributed by atoms with Gasteiger partial charge in [-0.3, -0.25) is 5.32 Å². The van der Waals surface area contributed by atoms with Gasteiger partial charge in [-0.25, -0.2) is 9.79 Å². The minimum atomic E-state index is -1.73. The quantitative estimate of drug-likeness (QED) is 0.318. The number of carbonyl (C=O) groups excluding carboxylic acids is 1. The average Bonchev–Trinajstić information content (AvgIpc) is 2.57. The van der Waals surface area contributed by atoms with Gasteiger partial charge in [0, 0.05) is 18.2 Å². The smallest absolute Gasteiger partial charge is 0.412 e. The zero-order valence-corrected chi connectivity index (χ0v) is 18.2. The number of hydrogen-bond acceptors (Lipinski definition) is 6. The fourth-order valence-electron chi connectivity index (χ4n) is 1.81. The Morgan fingerprint density at radius 3 is 2.54 bits per heavy atom. The topological polar surface area (TPSA) is 104 Å². The first-order valence-corrected chi connectivity index (χ1v) is 9.54. The number of halogens is 3. The number of ether oxygens (including phenoxy) is 2. The van der Waals surface area contributed by atoms with Crippen molar-refractivity contribution in [3.8, 4) is 5.75 Å². The molecule has 0 saturated carbocycles. The predicted octanol–water partition coefficient (Wildman–Crippen LogP) is 4.64. The number of alkyl carbamates (subject to hydrolysis) is 1. The number of rotatable bonds is 7. The van der Waals surface area contributed by atoms with E-state index in [0.29, 0.717) is 17.1 Å². The van der Waals surface area contributed by atoms with Crippen LogP contribution in [0.25, 0.3) is 0 Å². The monoisotopic (exact) mass is 451 g/mol. The second-order valence-corrected chi connectivity index (χ2v) is 9.37. The number of alkyl halides is 3. The van der Waals surface area contributed by atoms with Gasteiger partial charge in [0.15, 0.2) is 0 Å². The first-order chi connectivity index (χ1) is 12.9. The zero-order chi connectivity index (χ0) is 21.4. The van der Waals surface area contributed by atoms with Gasteiger partial charge in [-0.15, -0.1) is 0 Å². The number of carbonyl (C=O) groups is 1. The van der Waals surface area contributed by atoms with Crippen LogP contribution in [-0.4, -0.2) is 46.4 Å². The standard InChI is InChI=1S/C18H24Cl3N3O4/c1-17(2,3)14(22)10-15(24-16(26)28-11-18(19,20)21)23-12-5-4-6-13(9-12)27-8-7-25/h4-6,9,22,25H,7-8,10-11H2,1-3H3,(H,23,24,26). The van der Waals surface area contributed by atoms with Crippen LogP contribution >= 0.6 is 34.8 Å². The lowest BCUT2D eigenvalue weighted by molar-refractivity contribution is 0.154. The van der Waals surface area contributed by atoms with Crippen molar-refractivity contribution in [2.45, 2.75) is 31.0 Å². The summed E-state index contributed by atoms with van der Waals surface area (Å²) in [7, 11) is 0. The van der Waals surface area contributed by atoms with Gasteiger partial charge in [0.05, 0.1) is 12.3 Å². The molecule has 1 aromatic carbocycles. The Morgan fingerprint density at radius 2 is 1.96 bits per heavy atom. The van der Waals surface area contributed by atoms with Crippen LogP contribution < -0.4 is 10.1 Å². The van der Waals surface area contributed by atoms with Gasteiger partial charge in [-0.05, 0) is 17.5 Å².